The van der Waals surface area contributed by atoms with E-state index in [1.807, 2.05) is 31.2 Å². The van der Waals surface area contributed by atoms with Gasteiger partial charge in [0.05, 0.1) is 12.3 Å². The molecule has 0 saturated carbocycles. The Morgan fingerprint density at radius 1 is 1.22 bits per heavy atom. The number of nitrogens with zero attached hydrogens (tertiary/aromatic N) is 3. The molecular formula is C17H23N3O3. The van der Waals surface area contributed by atoms with E-state index in [0.29, 0.717) is 25.3 Å². The van der Waals surface area contributed by atoms with Crippen LogP contribution in [0.15, 0.2) is 24.3 Å². The minimum Gasteiger partial charge on any atom is -0.494 e. The predicted octanol–water partition coefficient (Wildman–Crippen LogP) is 3.16. The van der Waals surface area contributed by atoms with E-state index in [1.54, 1.807) is 4.68 Å². The van der Waals surface area contributed by atoms with Gasteiger partial charge in [-0.3, -0.25) is 0 Å². The summed E-state index contributed by atoms with van der Waals surface area (Å²) in [6.07, 6.45) is 3.65. The fraction of sp³-hybridized carbons (Fsp3) is 0.471. The smallest absolute Gasteiger partial charge is 0.358 e. The number of carbonyl (C=O) groups is 1. The van der Waals surface area contributed by atoms with Crippen molar-refractivity contribution >= 4 is 5.97 Å². The first-order chi connectivity index (χ1) is 11.2. The Hall–Kier alpha value is -2.37. The molecule has 1 N–H and O–H groups in total. The topological polar surface area (TPSA) is 77.2 Å². The Labute approximate surface area is 136 Å². The summed E-state index contributed by atoms with van der Waals surface area (Å²) in [6, 6.07) is 7.68. The molecule has 0 aliphatic carbocycles. The highest BCUT2D eigenvalue weighted by atomic mass is 16.5. The monoisotopic (exact) mass is 317 g/mol. The van der Waals surface area contributed by atoms with Crippen LogP contribution < -0.4 is 4.74 Å². The van der Waals surface area contributed by atoms with Gasteiger partial charge >= 0.3 is 5.97 Å². The fourth-order valence-electron chi connectivity index (χ4n) is 2.43. The van der Waals surface area contributed by atoms with Crippen molar-refractivity contribution in [1.82, 2.24) is 15.0 Å². The molecule has 2 aromatic rings. The zero-order valence-corrected chi connectivity index (χ0v) is 13.7. The third-order valence-electron chi connectivity index (χ3n) is 3.62. The molecule has 2 rings (SSSR count). The predicted molar refractivity (Wildman–Crippen MR) is 86.9 cm³/mol. The quantitative estimate of drug-likeness (QED) is 0.719. The Bertz CT molecular complexity index is 635. The summed E-state index contributed by atoms with van der Waals surface area (Å²) < 4.78 is 7.14. The van der Waals surface area contributed by atoms with E-state index in [4.69, 9.17) is 4.74 Å². The van der Waals surface area contributed by atoms with Gasteiger partial charge < -0.3 is 9.84 Å². The van der Waals surface area contributed by atoms with Gasteiger partial charge in [-0.15, -0.1) is 5.10 Å². The summed E-state index contributed by atoms with van der Waals surface area (Å²) in [5, 5.41) is 17.1. The number of aromatic nitrogens is 3. The lowest BCUT2D eigenvalue weighted by Gasteiger charge is -2.08. The zero-order valence-electron chi connectivity index (χ0n) is 13.7. The first-order valence-corrected chi connectivity index (χ1v) is 8.03. The fourth-order valence-corrected chi connectivity index (χ4v) is 2.43. The Morgan fingerprint density at radius 2 is 1.96 bits per heavy atom. The van der Waals surface area contributed by atoms with Crippen LogP contribution in [-0.4, -0.2) is 32.7 Å². The number of benzene rings is 1. The standard InChI is InChI=1S/C17H23N3O3/c1-3-5-6-11-20-15(16(17(21)22)18-19-20)12-13-7-9-14(10-8-13)23-4-2/h7-10H,3-6,11-12H2,1-2H3,(H,21,22). The Morgan fingerprint density at radius 3 is 2.57 bits per heavy atom. The van der Waals surface area contributed by atoms with Crippen molar-refractivity contribution in [2.24, 2.45) is 0 Å². The summed E-state index contributed by atoms with van der Waals surface area (Å²) in [7, 11) is 0. The molecule has 23 heavy (non-hydrogen) atoms. The number of ether oxygens (including phenoxy) is 1. The molecule has 1 aromatic carbocycles. The highest BCUT2D eigenvalue weighted by molar-refractivity contribution is 5.86. The van der Waals surface area contributed by atoms with Crippen LogP contribution in [-0.2, 0) is 13.0 Å². The molecule has 0 saturated heterocycles. The van der Waals surface area contributed by atoms with Gasteiger partial charge in [0.1, 0.15) is 5.75 Å². The summed E-state index contributed by atoms with van der Waals surface area (Å²) in [6.45, 7) is 5.38. The molecule has 0 bridgehead atoms. The normalized spacial score (nSPS) is 10.7. The first kappa shape index (κ1) is 17.0. The van der Waals surface area contributed by atoms with Crippen LogP contribution in [0, 0.1) is 0 Å². The van der Waals surface area contributed by atoms with E-state index in [-0.39, 0.29) is 5.69 Å². The Balaban J connectivity index is 2.18. The molecule has 0 spiro atoms. The average Bonchev–Trinajstić information content (AvgIpc) is 2.93. The molecule has 1 heterocycles. The van der Waals surface area contributed by atoms with Crippen molar-refractivity contribution < 1.29 is 14.6 Å². The second-order valence-electron chi connectivity index (χ2n) is 5.37. The molecule has 0 fully saturated rings. The van der Waals surface area contributed by atoms with Gasteiger partial charge in [0.2, 0.25) is 0 Å². The van der Waals surface area contributed by atoms with E-state index in [9.17, 15) is 9.90 Å². The molecule has 0 atom stereocenters. The van der Waals surface area contributed by atoms with E-state index in [2.05, 4.69) is 17.2 Å². The van der Waals surface area contributed by atoms with Gasteiger partial charge in [0.15, 0.2) is 5.69 Å². The number of aryl methyl sites for hydroxylation is 1. The van der Waals surface area contributed by atoms with Crippen LogP contribution in [0.4, 0.5) is 0 Å². The summed E-state index contributed by atoms with van der Waals surface area (Å²) in [5.41, 5.74) is 1.70. The Kier molecular flexibility index (Phi) is 6.14. The number of rotatable bonds is 9. The average molecular weight is 317 g/mol. The van der Waals surface area contributed by atoms with E-state index in [1.165, 1.54) is 0 Å². The number of hydrogen-bond donors (Lipinski definition) is 1. The van der Waals surface area contributed by atoms with E-state index in [0.717, 1.165) is 30.6 Å². The molecule has 0 unspecified atom stereocenters. The SMILES string of the molecule is CCCCCn1nnc(C(=O)O)c1Cc1ccc(OCC)cc1. The van der Waals surface area contributed by atoms with Gasteiger partial charge in [0, 0.05) is 13.0 Å². The lowest BCUT2D eigenvalue weighted by molar-refractivity contribution is 0.0689. The van der Waals surface area contributed by atoms with Crippen LogP contribution in [0.5, 0.6) is 5.75 Å². The maximum absolute atomic E-state index is 11.4. The van der Waals surface area contributed by atoms with Gasteiger partial charge in [-0.1, -0.05) is 37.1 Å². The van der Waals surface area contributed by atoms with E-state index >= 15 is 0 Å². The van der Waals surface area contributed by atoms with Crippen molar-refractivity contribution in [2.45, 2.75) is 46.1 Å². The van der Waals surface area contributed by atoms with Crippen molar-refractivity contribution in [2.75, 3.05) is 6.61 Å². The largest absolute Gasteiger partial charge is 0.494 e. The van der Waals surface area contributed by atoms with Crippen LogP contribution in [0.2, 0.25) is 0 Å². The second kappa shape index (κ2) is 8.31. The molecule has 124 valence electrons. The highest BCUT2D eigenvalue weighted by Crippen LogP contribution is 2.17. The third kappa shape index (κ3) is 4.55. The maximum atomic E-state index is 11.4. The minimum absolute atomic E-state index is 0.0374. The second-order valence-corrected chi connectivity index (χ2v) is 5.37. The number of carboxylic acids is 1. The molecule has 0 radical (unpaired) electrons. The lowest BCUT2D eigenvalue weighted by atomic mass is 10.1. The van der Waals surface area contributed by atoms with Gasteiger partial charge in [-0.05, 0) is 31.0 Å². The maximum Gasteiger partial charge on any atom is 0.358 e. The van der Waals surface area contributed by atoms with Crippen LogP contribution in [0.3, 0.4) is 0 Å². The zero-order chi connectivity index (χ0) is 16.7. The van der Waals surface area contributed by atoms with Crippen molar-refractivity contribution in [3.05, 3.63) is 41.2 Å². The summed E-state index contributed by atoms with van der Waals surface area (Å²) in [5.74, 6) is -0.225. The van der Waals surface area contributed by atoms with Crippen molar-refractivity contribution in [1.29, 1.82) is 0 Å². The molecule has 0 amide bonds. The van der Waals surface area contributed by atoms with Crippen LogP contribution in [0.1, 0.15) is 54.9 Å². The van der Waals surface area contributed by atoms with Crippen molar-refractivity contribution in [3.63, 3.8) is 0 Å². The number of unbranched alkanes of at least 4 members (excludes halogenated alkanes) is 2. The summed E-state index contributed by atoms with van der Waals surface area (Å²) in [4.78, 5) is 11.4. The van der Waals surface area contributed by atoms with Crippen LogP contribution in [0.25, 0.3) is 0 Å². The molecule has 0 aliphatic rings. The van der Waals surface area contributed by atoms with Gasteiger partial charge in [-0.2, -0.15) is 0 Å². The highest BCUT2D eigenvalue weighted by Gasteiger charge is 2.19. The molecule has 0 aliphatic heterocycles. The first-order valence-electron chi connectivity index (χ1n) is 8.03. The lowest BCUT2D eigenvalue weighted by Crippen LogP contribution is -2.09. The number of hydrogen-bond acceptors (Lipinski definition) is 4. The van der Waals surface area contributed by atoms with Crippen LogP contribution >= 0.6 is 0 Å². The molecular weight excluding hydrogens is 294 g/mol. The third-order valence-corrected chi connectivity index (χ3v) is 3.62. The number of carboxylic acid groups (broad SMARTS) is 1. The van der Waals surface area contributed by atoms with Gasteiger partial charge in [-0.25, -0.2) is 9.48 Å². The van der Waals surface area contributed by atoms with E-state index < -0.39 is 5.97 Å². The molecule has 6 heteroatoms. The number of aromatic carboxylic acids is 1. The van der Waals surface area contributed by atoms with Crippen molar-refractivity contribution in [3.8, 4) is 5.75 Å². The minimum atomic E-state index is -1.03. The molecule has 1 aromatic heterocycles. The van der Waals surface area contributed by atoms with Gasteiger partial charge in [0.25, 0.3) is 0 Å². The summed E-state index contributed by atoms with van der Waals surface area (Å²) >= 11 is 0. The molecule has 6 nitrogen and oxygen atoms in total.